The molecule has 0 saturated heterocycles. The maximum atomic E-state index is 11.2. The van der Waals surface area contributed by atoms with Gasteiger partial charge in [0.2, 0.25) is 0 Å². The summed E-state index contributed by atoms with van der Waals surface area (Å²) in [4.78, 5) is 11.2. The number of furan rings is 1. The van der Waals surface area contributed by atoms with Gasteiger partial charge < -0.3 is 14.9 Å². The first-order valence-electron chi connectivity index (χ1n) is 5.44. The maximum Gasteiger partial charge on any atom is 0.307 e. The first kappa shape index (κ1) is 11.7. The van der Waals surface area contributed by atoms with Gasteiger partial charge in [-0.15, -0.1) is 0 Å². The van der Waals surface area contributed by atoms with Crippen LogP contribution in [0, 0.1) is 6.92 Å². The molecule has 1 atom stereocenters. The van der Waals surface area contributed by atoms with E-state index in [1.807, 2.05) is 31.2 Å². The van der Waals surface area contributed by atoms with Crippen LogP contribution in [0.1, 0.15) is 23.8 Å². The second-order valence-corrected chi connectivity index (χ2v) is 3.95. The van der Waals surface area contributed by atoms with Crippen LogP contribution in [0.2, 0.25) is 0 Å². The smallest absolute Gasteiger partial charge is 0.307 e. The summed E-state index contributed by atoms with van der Waals surface area (Å²) in [6.07, 6.45) is 0.154. The van der Waals surface area contributed by atoms with Crippen molar-refractivity contribution in [2.24, 2.45) is 5.73 Å². The first-order chi connectivity index (χ1) is 8.13. The van der Waals surface area contributed by atoms with Gasteiger partial charge in [-0.1, -0.05) is 18.2 Å². The Morgan fingerprint density at radius 3 is 2.88 bits per heavy atom. The third kappa shape index (κ3) is 2.17. The van der Waals surface area contributed by atoms with Gasteiger partial charge in [0.15, 0.2) is 0 Å². The molecule has 0 aliphatic carbocycles. The van der Waals surface area contributed by atoms with Gasteiger partial charge in [0.1, 0.15) is 11.3 Å². The summed E-state index contributed by atoms with van der Waals surface area (Å²) in [5.74, 6) is 0.435. The summed E-state index contributed by atoms with van der Waals surface area (Å²) in [5.41, 5.74) is 7.69. The third-order valence-corrected chi connectivity index (χ3v) is 2.80. The minimum Gasteiger partial charge on any atom is -0.469 e. The molecule has 0 aliphatic rings. The number of carbonyl (C=O) groups excluding carboxylic acids is 1. The van der Waals surface area contributed by atoms with Gasteiger partial charge in [0.25, 0.3) is 0 Å². The van der Waals surface area contributed by atoms with E-state index in [0.717, 1.165) is 22.3 Å². The van der Waals surface area contributed by atoms with E-state index in [4.69, 9.17) is 10.2 Å². The molecular weight excluding hydrogens is 218 g/mol. The summed E-state index contributed by atoms with van der Waals surface area (Å²) < 4.78 is 10.2. The molecule has 0 fully saturated rings. The molecule has 1 aromatic carbocycles. The summed E-state index contributed by atoms with van der Waals surface area (Å²) in [7, 11) is 1.36. The van der Waals surface area contributed by atoms with Crippen LogP contribution in [0.5, 0.6) is 0 Å². The highest BCUT2D eigenvalue weighted by Gasteiger charge is 2.19. The molecule has 1 heterocycles. The summed E-state index contributed by atoms with van der Waals surface area (Å²) in [6.45, 7) is 1.85. The topological polar surface area (TPSA) is 65.5 Å². The lowest BCUT2D eigenvalue weighted by Crippen LogP contribution is -2.16. The zero-order chi connectivity index (χ0) is 12.4. The Hall–Kier alpha value is -1.81. The van der Waals surface area contributed by atoms with E-state index < -0.39 is 6.04 Å². The molecule has 0 spiro atoms. The van der Waals surface area contributed by atoms with E-state index in [1.54, 1.807) is 0 Å². The molecule has 0 aliphatic heterocycles. The fraction of sp³-hybridized carbons (Fsp3) is 0.308. The highest BCUT2D eigenvalue weighted by atomic mass is 16.5. The van der Waals surface area contributed by atoms with E-state index in [0.29, 0.717) is 0 Å². The normalized spacial score (nSPS) is 12.6. The predicted molar refractivity (Wildman–Crippen MR) is 64.5 cm³/mol. The Morgan fingerprint density at radius 2 is 2.18 bits per heavy atom. The number of carbonyl (C=O) groups is 1. The Bertz CT molecular complexity index is 545. The first-order valence-corrected chi connectivity index (χ1v) is 5.44. The molecule has 0 radical (unpaired) electrons. The van der Waals surface area contributed by atoms with Gasteiger partial charge in [0, 0.05) is 17.0 Å². The number of hydrogen-bond acceptors (Lipinski definition) is 4. The van der Waals surface area contributed by atoms with E-state index in [2.05, 4.69) is 4.74 Å². The number of ether oxygens (including phenoxy) is 1. The highest BCUT2D eigenvalue weighted by Crippen LogP contribution is 2.30. The molecule has 0 unspecified atom stereocenters. The number of fused-ring (bicyclic) bond motifs is 1. The van der Waals surface area contributed by atoms with Crippen molar-refractivity contribution < 1.29 is 13.9 Å². The standard InChI is InChI=1S/C13H15NO3/c1-8-13(10(14)7-12(15)16-2)9-5-3-4-6-11(9)17-8/h3-6,10H,7,14H2,1-2H3/t10-/m0/s1. The van der Waals surface area contributed by atoms with Crippen molar-refractivity contribution in [3.63, 3.8) is 0 Å². The van der Waals surface area contributed by atoms with Crippen molar-refractivity contribution in [2.45, 2.75) is 19.4 Å². The molecule has 2 N–H and O–H groups in total. The number of para-hydroxylation sites is 1. The van der Waals surface area contributed by atoms with Gasteiger partial charge in [-0.2, -0.15) is 0 Å². The maximum absolute atomic E-state index is 11.2. The molecule has 4 nitrogen and oxygen atoms in total. The van der Waals surface area contributed by atoms with Gasteiger partial charge >= 0.3 is 5.97 Å². The number of benzene rings is 1. The number of aryl methyl sites for hydroxylation is 1. The zero-order valence-electron chi connectivity index (χ0n) is 9.90. The quantitative estimate of drug-likeness (QED) is 0.826. The number of rotatable bonds is 3. The summed E-state index contributed by atoms with van der Waals surface area (Å²) >= 11 is 0. The molecule has 2 aromatic rings. The van der Waals surface area contributed by atoms with Crippen LogP contribution in [-0.4, -0.2) is 13.1 Å². The molecule has 1 aromatic heterocycles. The van der Waals surface area contributed by atoms with Crippen LogP contribution in [0.15, 0.2) is 28.7 Å². The van der Waals surface area contributed by atoms with Crippen LogP contribution in [-0.2, 0) is 9.53 Å². The Kier molecular flexibility index (Phi) is 3.15. The minimum atomic E-state index is -0.397. The average Bonchev–Trinajstić information content (AvgIpc) is 2.64. The fourth-order valence-electron chi connectivity index (χ4n) is 2.01. The molecule has 17 heavy (non-hydrogen) atoms. The highest BCUT2D eigenvalue weighted by molar-refractivity contribution is 5.83. The number of methoxy groups -OCH3 is 1. The summed E-state index contributed by atoms with van der Waals surface area (Å²) in [5, 5.41) is 0.960. The van der Waals surface area contributed by atoms with Crippen LogP contribution < -0.4 is 5.73 Å². The third-order valence-electron chi connectivity index (χ3n) is 2.80. The molecule has 4 heteroatoms. The predicted octanol–water partition coefficient (Wildman–Crippen LogP) is 2.30. The van der Waals surface area contributed by atoms with E-state index in [-0.39, 0.29) is 12.4 Å². The number of hydrogen-bond donors (Lipinski definition) is 1. The Labute approximate surface area is 99.3 Å². The van der Waals surface area contributed by atoms with Crippen molar-refractivity contribution in [2.75, 3.05) is 7.11 Å². The van der Waals surface area contributed by atoms with Crippen molar-refractivity contribution in [3.05, 3.63) is 35.6 Å². The van der Waals surface area contributed by atoms with Gasteiger partial charge in [-0.05, 0) is 13.0 Å². The van der Waals surface area contributed by atoms with Crippen LogP contribution in [0.3, 0.4) is 0 Å². The van der Waals surface area contributed by atoms with Gasteiger partial charge in [-0.25, -0.2) is 0 Å². The molecule has 0 bridgehead atoms. The molecule has 0 amide bonds. The van der Waals surface area contributed by atoms with Crippen molar-refractivity contribution >= 4 is 16.9 Å². The monoisotopic (exact) mass is 233 g/mol. The largest absolute Gasteiger partial charge is 0.469 e. The Balaban J connectivity index is 2.40. The lowest BCUT2D eigenvalue weighted by atomic mass is 10.0. The SMILES string of the molecule is COC(=O)C[C@H](N)c1c(C)oc2ccccc12. The van der Waals surface area contributed by atoms with Crippen LogP contribution in [0.4, 0.5) is 0 Å². The lowest BCUT2D eigenvalue weighted by molar-refractivity contribution is -0.141. The average molecular weight is 233 g/mol. The van der Waals surface area contributed by atoms with E-state index in [1.165, 1.54) is 7.11 Å². The molecule has 90 valence electrons. The molecular formula is C13H15NO3. The van der Waals surface area contributed by atoms with Crippen LogP contribution in [0.25, 0.3) is 11.0 Å². The Morgan fingerprint density at radius 1 is 1.47 bits per heavy atom. The van der Waals surface area contributed by atoms with Gasteiger partial charge in [-0.3, -0.25) is 4.79 Å². The van der Waals surface area contributed by atoms with Crippen molar-refractivity contribution in [1.29, 1.82) is 0 Å². The van der Waals surface area contributed by atoms with Gasteiger partial charge in [0.05, 0.1) is 13.5 Å². The number of esters is 1. The fourth-order valence-corrected chi connectivity index (χ4v) is 2.01. The van der Waals surface area contributed by atoms with Crippen LogP contribution >= 0.6 is 0 Å². The molecule has 0 saturated carbocycles. The van der Waals surface area contributed by atoms with E-state index in [9.17, 15) is 4.79 Å². The zero-order valence-corrected chi connectivity index (χ0v) is 9.90. The summed E-state index contributed by atoms with van der Waals surface area (Å²) in [6, 6.07) is 7.26. The van der Waals surface area contributed by atoms with Crippen molar-refractivity contribution in [1.82, 2.24) is 0 Å². The molecule has 2 rings (SSSR count). The second kappa shape index (κ2) is 4.59. The number of nitrogens with two attached hydrogens (primary N) is 1. The minimum absolute atomic E-state index is 0.154. The van der Waals surface area contributed by atoms with E-state index >= 15 is 0 Å². The second-order valence-electron chi connectivity index (χ2n) is 3.95. The lowest BCUT2D eigenvalue weighted by Gasteiger charge is -2.09. The van der Waals surface area contributed by atoms with Crippen molar-refractivity contribution in [3.8, 4) is 0 Å².